The number of hydrogen-bond donors (Lipinski definition) is 1. The zero-order valence-electron chi connectivity index (χ0n) is 8.12. The molecule has 0 aromatic rings. The highest BCUT2D eigenvalue weighted by Crippen LogP contribution is 2.30. The Labute approximate surface area is 74.9 Å². The van der Waals surface area contributed by atoms with Crippen molar-refractivity contribution < 1.29 is 9.84 Å². The monoisotopic (exact) mass is 172 g/mol. The summed E-state index contributed by atoms with van der Waals surface area (Å²) in [5, 5.41) is 9.66. The lowest BCUT2D eigenvalue weighted by Crippen LogP contribution is -2.28. The maximum Gasteiger partial charge on any atom is 0.0569 e. The molecule has 1 N–H and O–H groups in total. The van der Waals surface area contributed by atoms with E-state index in [4.69, 9.17) is 4.74 Å². The van der Waals surface area contributed by atoms with Gasteiger partial charge in [0.25, 0.3) is 0 Å². The molecule has 2 nitrogen and oxygen atoms in total. The molecule has 12 heavy (non-hydrogen) atoms. The zero-order valence-corrected chi connectivity index (χ0v) is 8.12. The van der Waals surface area contributed by atoms with Gasteiger partial charge in [0.05, 0.1) is 6.10 Å². The van der Waals surface area contributed by atoms with Crippen LogP contribution in [0.3, 0.4) is 0 Å². The Morgan fingerprint density at radius 3 is 2.83 bits per heavy atom. The SMILES string of the molecule is COCCC1CC(C)CCC1O. The lowest BCUT2D eigenvalue weighted by atomic mass is 9.79. The summed E-state index contributed by atoms with van der Waals surface area (Å²) in [4.78, 5) is 0. The van der Waals surface area contributed by atoms with Crippen molar-refractivity contribution in [3.05, 3.63) is 0 Å². The summed E-state index contributed by atoms with van der Waals surface area (Å²) in [6.45, 7) is 3.06. The van der Waals surface area contributed by atoms with Gasteiger partial charge in [0.15, 0.2) is 0 Å². The predicted molar refractivity (Wildman–Crippen MR) is 49.0 cm³/mol. The third-order valence-electron chi connectivity index (χ3n) is 2.90. The van der Waals surface area contributed by atoms with Crippen LogP contribution < -0.4 is 0 Å². The van der Waals surface area contributed by atoms with E-state index in [-0.39, 0.29) is 6.10 Å². The maximum absolute atomic E-state index is 9.66. The average Bonchev–Trinajstić information content (AvgIpc) is 2.07. The van der Waals surface area contributed by atoms with E-state index in [1.54, 1.807) is 7.11 Å². The predicted octanol–water partition coefficient (Wildman–Crippen LogP) is 1.82. The second-order valence-corrected chi connectivity index (χ2v) is 4.03. The van der Waals surface area contributed by atoms with E-state index in [0.717, 1.165) is 25.4 Å². The van der Waals surface area contributed by atoms with Crippen LogP contribution in [0.1, 0.15) is 32.6 Å². The van der Waals surface area contributed by atoms with Crippen molar-refractivity contribution in [3.8, 4) is 0 Å². The van der Waals surface area contributed by atoms with Crippen molar-refractivity contribution in [2.45, 2.75) is 38.7 Å². The minimum absolute atomic E-state index is 0.0728. The molecule has 1 fully saturated rings. The molecule has 0 aromatic carbocycles. The van der Waals surface area contributed by atoms with Gasteiger partial charge in [0, 0.05) is 13.7 Å². The fourth-order valence-corrected chi connectivity index (χ4v) is 2.06. The molecular weight excluding hydrogens is 152 g/mol. The van der Waals surface area contributed by atoms with Gasteiger partial charge in [-0.05, 0) is 37.5 Å². The molecule has 1 saturated carbocycles. The van der Waals surface area contributed by atoms with Gasteiger partial charge in [-0.15, -0.1) is 0 Å². The fourth-order valence-electron chi connectivity index (χ4n) is 2.06. The highest BCUT2D eigenvalue weighted by molar-refractivity contribution is 4.77. The quantitative estimate of drug-likeness (QED) is 0.703. The topological polar surface area (TPSA) is 29.5 Å². The van der Waals surface area contributed by atoms with E-state index >= 15 is 0 Å². The Balaban J connectivity index is 2.28. The molecule has 0 aliphatic heterocycles. The Hall–Kier alpha value is -0.0800. The molecule has 3 unspecified atom stereocenters. The molecule has 0 heterocycles. The lowest BCUT2D eigenvalue weighted by molar-refractivity contribution is 0.0331. The lowest BCUT2D eigenvalue weighted by Gasteiger charge is -2.31. The van der Waals surface area contributed by atoms with Crippen molar-refractivity contribution in [3.63, 3.8) is 0 Å². The molecule has 0 amide bonds. The van der Waals surface area contributed by atoms with Crippen molar-refractivity contribution >= 4 is 0 Å². The number of aliphatic hydroxyl groups excluding tert-OH is 1. The minimum atomic E-state index is -0.0728. The van der Waals surface area contributed by atoms with Gasteiger partial charge in [0.2, 0.25) is 0 Å². The fraction of sp³-hybridized carbons (Fsp3) is 1.00. The summed E-state index contributed by atoms with van der Waals surface area (Å²) in [7, 11) is 1.72. The number of methoxy groups -OCH3 is 1. The summed E-state index contributed by atoms with van der Waals surface area (Å²) in [5.74, 6) is 1.27. The molecule has 2 heteroatoms. The zero-order chi connectivity index (χ0) is 8.97. The summed E-state index contributed by atoms with van der Waals surface area (Å²) >= 11 is 0. The van der Waals surface area contributed by atoms with Gasteiger partial charge in [-0.1, -0.05) is 6.92 Å². The first-order chi connectivity index (χ1) is 5.74. The normalized spacial score (nSPS) is 36.8. The van der Waals surface area contributed by atoms with E-state index in [2.05, 4.69) is 6.92 Å². The van der Waals surface area contributed by atoms with Crippen LogP contribution in [0.25, 0.3) is 0 Å². The van der Waals surface area contributed by atoms with E-state index in [1.165, 1.54) is 12.8 Å². The molecule has 0 radical (unpaired) electrons. The van der Waals surface area contributed by atoms with Gasteiger partial charge in [-0.3, -0.25) is 0 Å². The highest BCUT2D eigenvalue weighted by atomic mass is 16.5. The summed E-state index contributed by atoms with van der Waals surface area (Å²) < 4.78 is 5.02. The third kappa shape index (κ3) is 2.76. The second kappa shape index (κ2) is 4.83. The first-order valence-corrected chi connectivity index (χ1v) is 4.91. The molecule has 0 bridgehead atoms. The standard InChI is InChI=1S/C10H20O2/c1-8-3-4-10(11)9(7-8)5-6-12-2/h8-11H,3-7H2,1-2H3. The molecule has 1 aliphatic rings. The van der Waals surface area contributed by atoms with E-state index < -0.39 is 0 Å². The van der Waals surface area contributed by atoms with Crippen molar-refractivity contribution in [1.29, 1.82) is 0 Å². The average molecular weight is 172 g/mol. The van der Waals surface area contributed by atoms with Gasteiger partial charge >= 0.3 is 0 Å². The van der Waals surface area contributed by atoms with Gasteiger partial charge in [-0.2, -0.15) is 0 Å². The van der Waals surface area contributed by atoms with Crippen LogP contribution in [0.2, 0.25) is 0 Å². The van der Waals surface area contributed by atoms with E-state index in [1.807, 2.05) is 0 Å². The van der Waals surface area contributed by atoms with Gasteiger partial charge in [-0.25, -0.2) is 0 Å². The Morgan fingerprint density at radius 1 is 1.42 bits per heavy atom. The van der Waals surface area contributed by atoms with Crippen LogP contribution in [0.15, 0.2) is 0 Å². The number of hydrogen-bond acceptors (Lipinski definition) is 2. The Bertz CT molecular complexity index is 125. The van der Waals surface area contributed by atoms with Gasteiger partial charge < -0.3 is 9.84 Å². The van der Waals surface area contributed by atoms with Crippen LogP contribution in [0, 0.1) is 11.8 Å². The van der Waals surface area contributed by atoms with Gasteiger partial charge in [0.1, 0.15) is 0 Å². The van der Waals surface area contributed by atoms with Crippen molar-refractivity contribution in [2.24, 2.45) is 11.8 Å². The number of ether oxygens (including phenoxy) is 1. The number of rotatable bonds is 3. The van der Waals surface area contributed by atoms with Crippen LogP contribution in [0.5, 0.6) is 0 Å². The molecule has 1 rings (SSSR count). The van der Waals surface area contributed by atoms with E-state index in [9.17, 15) is 5.11 Å². The largest absolute Gasteiger partial charge is 0.393 e. The molecule has 0 saturated heterocycles. The molecule has 72 valence electrons. The van der Waals surface area contributed by atoms with Crippen molar-refractivity contribution in [2.75, 3.05) is 13.7 Å². The number of aliphatic hydroxyl groups is 1. The maximum atomic E-state index is 9.66. The Kier molecular flexibility index (Phi) is 4.02. The molecule has 3 atom stereocenters. The van der Waals surface area contributed by atoms with Crippen molar-refractivity contribution in [1.82, 2.24) is 0 Å². The minimum Gasteiger partial charge on any atom is -0.393 e. The van der Waals surface area contributed by atoms with Crippen LogP contribution >= 0.6 is 0 Å². The third-order valence-corrected chi connectivity index (χ3v) is 2.90. The van der Waals surface area contributed by atoms with Crippen LogP contribution in [-0.2, 0) is 4.74 Å². The Morgan fingerprint density at radius 2 is 2.17 bits per heavy atom. The first-order valence-electron chi connectivity index (χ1n) is 4.91. The summed E-state index contributed by atoms with van der Waals surface area (Å²) in [6, 6.07) is 0. The highest BCUT2D eigenvalue weighted by Gasteiger charge is 2.26. The summed E-state index contributed by atoms with van der Waals surface area (Å²) in [6.07, 6.45) is 4.28. The summed E-state index contributed by atoms with van der Waals surface area (Å²) in [5.41, 5.74) is 0. The molecule has 0 aromatic heterocycles. The van der Waals surface area contributed by atoms with E-state index in [0.29, 0.717) is 5.92 Å². The molecular formula is C10H20O2. The molecule has 1 aliphatic carbocycles. The van der Waals surface area contributed by atoms with Crippen LogP contribution in [0.4, 0.5) is 0 Å². The van der Waals surface area contributed by atoms with Crippen LogP contribution in [-0.4, -0.2) is 24.9 Å². The smallest absolute Gasteiger partial charge is 0.0569 e. The first kappa shape index (κ1) is 10.0. The molecule has 0 spiro atoms. The second-order valence-electron chi connectivity index (χ2n) is 4.03.